The molecule has 1 heterocycles. The summed E-state index contributed by atoms with van der Waals surface area (Å²) < 4.78 is 0. The number of aromatic carboxylic acids is 2. The van der Waals surface area contributed by atoms with Gasteiger partial charge in [-0.3, -0.25) is 0 Å². The first-order chi connectivity index (χ1) is 10.5. The van der Waals surface area contributed by atoms with Crippen molar-refractivity contribution in [1.82, 2.24) is 0 Å². The van der Waals surface area contributed by atoms with Crippen molar-refractivity contribution in [3.63, 3.8) is 0 Å². The molecule has 2 aromatic carbocycles. The monoisotopic (exact) mass is 315 g/mol. The Morgan fingerprint density at radius 3 is 1.77 bits per heavy atom. The number of carboxylic acid groups (broad SMARTS) is 2. The van der Waals surface area contributed by atoms with Gasteiger partial charge in [0.05, 0.1) is 22.5 Å². The lowest BCUT2D eigenvalue weighted by molar-refractivity contribution is 0.0686. The highest BCUT2D eigenvalue weighted by atomic mass is 32.2. The van der Waals surface area contributed by atoms with Gasteiger partial charge in [-0.1, -0.05) is 11.8 Å². The minimum atomic E-state index is -0.975. The van der Waals surface area contributed by atoms with E-state index in [9.17, 15) is 9.59 Å². The van der Waals surface area contributed by atoms with Gasteiger partial charge in [-0.2, -0.15) is 0 Å². The third kappa shape index (κ3) is 2.31. The molecule has 6 heteroatoms. The topological polar surface area (TPSA) is 77.8 Å². The van der Waals surface area contributed by atoms with E-state index >= 15 is 0 Å². The fraction of sp³-hybridized carbons (Fsp3) is 0.125. The maximum absolute atomic E-state index is 11.1. The Bertz CT molecular complexity index is 724. The van der Waals surface area contributed by atoms with E-state index in [4.69, 9.17) is 10.2 Å². The van der Waals surface area contributed by atoms with Crippen LogP contribution in [0.4, 0.5) is 11.4 Å². The minimum absolute atomic E-state index is 0.222. The number of nitrogens with zero attached hydrogens (tertiary/aromatic N) is 1. The third-order valence-corrected chi connectivity index (χ3v) is 4.63. The SMILES string of the molecule is CCN1c2ccc(C(=O)O)cc2Sc2cc(C(=O)O)ccc21. The Morgan fingerprint density at radius 2 is 1.41 bits per heavy atom. The molecule has 2 aromatic rings. The van der Waals surface area contributed by atoms with Gasteiger partial charge in [0.1, 0.15) is 0 Å². The average molecular weight is 315 g/mol. The molecule has 0 bridgehead atoms. The normalized spacial score (nSPS) is 12.5. The number of anilines is 2. The molecule has 0 unspecified atom stereocenters. The molecule has 112 valence electrons. The van der Waals surface area contributed by atoms with Crippen LogP contribution in [0.15, 0.2) is 46.2 Å². The second-order valence-corrected chi connectivity index (χ2v) is 5.91. The van der Waals surface area contributed by atoms with Crippen LogP contribution in [-0.2, 0) is 0 Å². The number of carbonyl (C=O) groups is 2. The quantitative estimate of drug-likeness (QED) is 0.899. The molecular weight excluding hydrogens is 302 g/mol. The summed E-state index contributed by atoms with van der Waals surface area (Å²) >= 11 is 1.40. The van der Waals surface area contributed by atoms with Crippen LogP contribution < -0.4 is 4.90 Å². The van der Waals surface area contributed by atoms with Crippen LogP contribution >= 0.6 is 11.8 Å². The molecule has 0 atom stereocenters. The zero-order chi connectivity index (χ0) is 15.9. The second-order valence-electron chi connectivity index (χ2n) is 4.82. The minimum Gasteiger partial charge on any atom is -0.478 e. The van der Waals surface area contributed by atoms with Crippen molar-refractivity contribution < 1.29 is 19.8 Å². The summed E-state index contributed by atoms with van der Waals surface area (Å²) in [7, 11) is 0. The van der Waals surface area contributed by atoms with Crippen LogP contribution in [0.25, 0.3) is 0 Å². The lowest BCUT2D eigenvalue weighted by atomic mass is 10.1. The van der Waals surface area contributed by atoms with Crippen LogP contribution in [0.3, 0.4) is 0 Å². The van der Waals surface area contributed by atoms with Gasteiger partial charge < -0.3 is 15.1 Å². The molecule has 0 saturated carbocycles. The molecule has 0 aromatic heterocycles. The van der Waals surface area contributed by atoms with Crippen LogP contribution in [-0.4, -0.2) is 28.7 Å². The Labute approximate surface area is 131 Å². The molecule has 1 aliphatic rings. The molecule has 2 N–H and O–H groups in total. The number of hydrogen-bond donors (Lipinski definition) is 2. The maximum Gasteiger partial charge on any atom is 0.335 e. The average Bonchev–Trinajstić information content (AvgIpc) is 2.51. The van der Waals surface area contributed by atoms with Crippen LogP contribution in [0.1, 0.15) is 27.6 Å². The zero-order valence-corrected chi connectivity index (χ0v) is 12.6. The first-order valence-electron chi connectivity index (χ1n) is 6.71. The summed E-state index contributed by atoms with van der Waals surface area (Å²) in [6.07, 6.45) is 0. The number of carboxylic acids is 2. The predicted molar refractivity (Wildman–Crippen MR) is 83.6 cm³/mol. The van der Waals surface area contributed by atoms with E-state index in [1.807, 2.05) is 6.92 Å². The highest BCUT2D eigenvalue weighted by Gasteiger charge is 2.24. The van der Waals surface area contributed by atoms with E-state index in [-0.39, 0.29) is 11.1 Å². The van der Waals surface area contributed by atoms with Gasteiger partial charge in [-0.15, -0.1) is 0 Å². The smallest absolute Gasteiger partial charge is 0.335 e. The number of rotatable bonds is 3. The Balaban J connectivity index is 2.13. The fourth-order valence-electron chi connectivity index (χ4n) is 2.49. The Hall–Kier alpha value is -2.47. The van der Waals surface area contributed by atoms with E-state index in [2.05, 4.69) is 4.90 Å². The van der Waals surface area contributed by atoms with Crippen LogP contribution in [0.5, 0.6) is 0 Å². The first kappa shape index (κ1) is 14.5. The molecule has 0 saturated heterocycles. The molecule has 22 heavy (non-hydrogen) atoms. The second kappa shape index (κ2) is 5.38. The predicted octanol–water partition coefficient (Wildman–Crippen LogP) is 3.71. The van der Waals surface area contributed by atoms with Crippen molar-refractivity contribution in [2.24, 2.45) is 0 Å². The standard InChI is InChI=1S/C16H13NO4S/c1-2-17-11-5-3-9(15(18)19)7-13(11)22-14-8-10(16(20)21)4-6-12(14)17/h3-8H,2H2,1H3,(H,18,19)(H,20,21). The summed E-state index contributed by atoms with van der Waals surface area (Å²) in [6, 6.07) is 10.0. The van der Waals surface area contributed by atoms with Crippen molar-refractivity contribution in [3.05, 3.63) is 47.5 Å². The highest BCUT2D eigenvalue weighted by Crippen LogP contribution is 2.48. The summed E-state index contributed by atoms with van der Waals surface area (Å²) in [5.74, 6) is -1.95. The molecule has 0 radical (unpaired) electrons. The van der Waals surface area contributed by atoms with E-state index < -0.39 is 11.9 Å². The van der Waals surface area contributed by atoms with E-state index in [0.717, 1.165) is 21.2 Å². The largest absolute Gasteiger partial charge is 0.478 e. The van der Waals surface area contributed by atoms with Crippen LogP contribution in [0, 0.1) is 0 Å². The summed E-state index contributed by atoms with van der Waals surface area (Å²) in [4.78, 5) is 25.9. The molecule has 0 amide bonds. The molecule has 0 fully saturated rings. The van der Waals surface area contributed by atoms with Crippen molar-refractivity contribution in [1.29, 1.82) is 0 Å². The van der Waals surface area contributed by atoms with Crippen molar-refractivity contribution >= 4 is 35.1 Å². The first-order valence-corrected chi connectivity index (χ1v) is 7.53. The molecule has 0 spiro atoms. The molecule has 3 rings (SSSR count). The zero-order valence-electron chi connectivity index (χ0n) is 11.7. The van der Waals surface area contributed by atoms with Gasteiger partial charge in [-0.25, -0.2) is 9.59 Å². The number of benzene rings is 2. The van der Waals surface area contributed by atoms with Crippen molar-refractivity contribution in [2.45, 2.75) is 16.7 Å². The highest BCUT2D eigenvalue weighted by molar-refractivity contribution is 7.99. The van der Waals surface area contributed by atoms with Gasteiger partial charge in [0.2, 0.25) is 0 Å². The van der Waals surface area contributed by atoms with E-state index in [0.29, 0.717) is 6.54 Å². The van der Waals surface area contributed by atoms with Gasteiger partial charge in [0, 0.05) is 16.3 Å². The van der Waals surface area contributed by atoms with E-state index in [1.165, 1.54) is 11.8 Å². The molecule has 5 nitrogen and oxygen atoms in total. The van der Waals surface area contributed by atoms with Gasteiger partial charge in [0.15, 0.2) is 0 Å². The number of fused-ring (bicyclic) bond motifs is 2. The van der Waals surface area contributed by atoms with Crippen LogP contribution in [0.2, 0.25) is 0 Å². The van der Waals surface area contributed by atoms with Crippen molar-refractivity contribution in [2.75, 3.05) is 11.4 Å². The van der Waals surface area contributed by atoms with Gasteiger partial charge in [0.25, 0.3) is 0 Å². The summed E-state index contributed by atoms with van der Waals surface area (Å²) in [5.41, 5.74) is 2.32. The Kier molecular flexibility index (Phi) is 3.54. The lowest BCUT2D eigenvalue weighted by Gasteiger charge is -2.32. The molecule has 0 aliphatic carbocycles. The molecular formula is C16H13NO4S. The maximum atomic E-state index is 11.1. The van der Waals surface area contributed by atoms with E-state index in [1.54, 1.807) is 36.4 Å². The third-order valence-electron chi connectivity index (χ3n) is 3.53. The number of hydrogen-bond acceptors (Lipinski definition) is 4. The van der Waals surface area contributed by atoms with Gasteiger partial charge >= 0.3 is 11.9 Å². The van der Waals surface area contributed by atoms with Gasteiger partial charge in [-0.05, 0) is 43.3 Å². The van der Waals surface area contributed by atoms with Crippen molar-refractivity contribution in [3.8, 4) is 0 Å². The Morgan fingerprint density at radius 1 is 0.955 bits per heavy atom. The molecule has 1 aliphatic heterocycles. The summed E-state index contributed by atoms with van der Waals surface area (Å²) in [6.45, 7) is 2.71. The lowest BCUT2D eigenvalue weighted by Crippen LogP contribution is -2.20. The summed E-state index contributed by atoms with van der Waals surface area (Å²) in [5, 5.41) is 18.2. The fourth-order valence-corrected chi connectivity index (χ4v) is 3.67.